The van der Waals surface area contributed by atoms with Gasteiger partial charge in [0.2, 0.25) is 0 Å². The van der Waals surface area contributed by atoms with E-state index < -0.39 is 18.6 Å². The zero-order valence-corrected chi connectivity index (χ0v) is 17.3. The Bertz CT molecular complexity index is 336. The molecule has 0 aromatic heterocycles. The van der Waals surface area contributed by atoms with Crippen molar-refractivity contribution >= 4 is 46.3 Å². The molecule has 1 heterocycles. The van der Waals surface area contributed by atoms with Crippen LogP contribution in [0.2, 0.25) is 0 Å². The van der Waals surface area contributed by atoms with Crippen LogP contribution >= 0.6 is 34.0 Å². The minimum atomic E-state index is -1.48. The SMILES string of the molecule is Br.Br.C1=CC[C]([Zr]2([C]3=CC=CC3)[SiH2][SiH2]2)=C1. The van der Waals surface area contributed by atoms with E-state index in [0.29, 0.717) is 12.3 Å². The van der Waals surface area contributed by atoms with Crippen molar-refractivity contribution in [2.24, 2.45) is 0 Å². The van der Waals surface area contributed by atoms with Crippen molar-refractivity contribution in [1.82, 2.24) is 0 Å². The van der Waals surface area contributed by atoms with Gasteiger partial charge in [-0.2, -0.15) is 0 Å². The Kier molecular flexibility index (Phi) is 5.45. The number of hydrogen-bond donors (Lipinski definition) is 0. The third-order valence-electron chi connectivity index (χ3n) is 3.52. The van der Waals surface area contributed by atoms with Gasteiger partial charge in [0.15, 0.2) is 0 Å². The van der Waals surface area contributed by atoms with Crippen LogP contribution in [0.3, 0.4) is 0 Å². The molecule has 0 aromatic carbocycles. The zero-order valence-electron chi connectivity index (χ0n) is 8.61. The Balaban J connectivity index is 0.000000562. The predicted molar refractivity (Wildman–Crippen MR) is 81.4 cm³/mol. The first-order valence-electron chi connectivity index (χ1n) is 5.14. The fourth-order valence-electron chi connectivity index (χ4n) is 2.58. The van der Waals surface area contributed by atoms with Crippen molar-refractivity contribution in [2.75, 3.05) is 0 Å². The first-order valence-corrected chi connectivity index (χ1v) is 23.4. The molecule has 0 spiro atoms. The molecule has 0 nitrogen and oxygen atoms in total. The number of hydrogen-bond acceptors (Lipinski definition) is 0. The van der Waals surface area contributed by atoms with Crippen LogP contribution in [0.15, 0.2) is 43.0 Å². The molecule has 5 heteroatoms. The quantitative estimate of drug-likeness (QED) is 0.574. The van der Waals surface area contributed by atoms with E-state index in [0.717, 1.165) is 0 Å². The van der Waals surface area contributed by atoms with Crippen molar-refractivity contribution in [1.29, 1.82) is 0 Å². The van der Waals surface area contributed by atoms with Crippen LogP contribution in [0.1, 0.15) is 12.8 Å². The van der Waals surface area contributed by atoms with Crippen LogP contribution in [-0.2, 0) is 18.6 Å². The molecule has 0 radical (unpaired) electrons. The first-order chi connectivity index (χ1) is 6.42. The van der Waals surface area contributed by atoms with Crippen LogP contribution in [0, 0.1) is 0 Å². The topological polar surface area (TPSA) is 0 Å². The molecule has 3 rings (SSSR count). The third-order valence-corrected chi connectivity index (χ3v) is 61.3. The van der Waals surface area contributed by atoms with Gasteiger partial charge in [-0.05, 0) is 0 Å². The van der Waals surface area contributed by atoms with Crippen molar-refractivity contribution in [3.63, 3.8) is 0 Å². The maximum absolute atomic E-state index is 2.49. The van der Waals surface area contributed by atoms with Crippen molar-refractivity contribution in [3.8, 4) is 0 Å². The van der Waals surface area contributed by atoms with Gasteiger partial charge < -0.3 is 0 Å². The molecule has 1 saturated heterocycles. The molecule has 2 aliphatic carbocycles. The van der Waals surface area contributed by atoms with E-state index in [2.05, 4.69) is 36.5 Å². The van der Waals surface area contributed by atoms with E-state index >= 15 is 0 Å². The molecule has 82 valence electrons. The zero-order chi connectivity index (χ0) is 8.73. The second-order valence-electron chi connectivity index (χ2n) is 4.23. The Morgan fingerprint density at radius 2 is 1.33 bits per heavy atom. The Morgan fingerprint density at radius 3 is 1.60 bits per heavy atom. The van der Waals surface area contributed by atoms with Gasteiger partial charge >= 0.3 is 86.8 Å². The van der Waals surface area contributed by atoms with Crippen molar-refractivity contribution < 1.29 is 18.6 Å². The van der Waals surface area contributed by atoms with E-state index in [1.54, 1.807) is 0 Å². The first kappa shape index (κ1) is 14.3. The molecule has 0 unspecified atom stereocenters. The normalized spacial score (nSPS) is 27.2. The van der Waals surface area contributed by atoms with Gasteiger partial charge in [-0.1, -0.05) is 0 Å². The molecule has 3 aliphatic rings. The molecular formula is C10H16Br2Si2Zr. The molecule has 0 atom stereocenters. The van der Waals surface area contributed by atoms with Gasteiger partial charge in [0.1, 0.15) is 0 Å². The summed E-state index contributed by atoms with van der Waals surface area (Å²) < 4.78 is 3.98. The summed E-state index contributed by atoms with van der Waals surface area (Å²) in [5.74, 6) is 0. The average Bonchev–Trinajstić information content (AvgIpc) is 2.68. The molecule has 0 amide bonds. The van der Waals surface area contributed by atoms with E-state index in [-0.39, 0.29) is 34.0 Å². The average molecular weight is 443 g/mol. The fourth-order valence-corrected chi connectivity index (χ4v) is 87.1. The van der Waals surface area contributed by atoms with Gasteiger partial charge in [0, 0.05) is 0 Å². The molecule has 0 N–H and O–H groups in total. The summed E-state index contributed by atoms with van der Waals surface area (Å²) in [6.45, 7) is 0. The van der Waals surface area contributed by atoms with Gasteiger partial charge in [-0.25, -0.2) is 0 Å². The summed E-state index contributed by atoms with van der Waals surface area (Å²) in [6, 6.07) is 0. The summed E-state index contributed by atoms with van der Waals surface area (Å²) in [7, 11) is 0. The van der Waals surface area contributed by atoms with E-state index in [1.165, 1.54) is 12.8 Å². The van der Waals surface area contributed by atoms with Crippen LogP contribution < -0.4 is 0 Å². The van der Waals surface area contributed by atoms with E-state index in [9.17, 15) is 0 Å². The molecule has 1 aliphatic heterocycles. The molecule has 0 bridgehead atoms. The number of rotatable bonds is 2. The van der Waals surface area contributed by atoms with Crippen molar-refractivity contribution in [2.45, 2.75) is 12.8 Å². The summed E-state index contributed by atoms with van der Waals surface area (Å²) in [5, 5.41) is 0. The van der Waals surface area contributed by atoms with Gasteiger partial charge in [-0.15, -0.1) is 34.0 Å². The summed E-state index contributed by atoms with van der Waals surface area (Å²) >= 11 is -1.48. The Labute approximate surface area is 119 Å². The minimum absolute atomic E-state index is 0. The molecule has 1 fully saturated rings. The molecule has 0 aromatic rings. The molecule has 15 heavy (non-hydrogen) atoms. The number of halogens is 2. The Morgan fingerprint density at radius 1 is 0.867 bits per heavy atom. The summed E-state index contributed by atoms with van der Waals surface area (Å²) in [4.78, 5) is 0. The standard InChI is InChI=1S/2C5H5.2BrH.H4Si2.Zr/c2*1-2-4-5-3-1;;;1-2;/h2*1-3H,4H2;2*1H;1-2H2;. The van der Waals surface area contributed by atoms with E-state index in [4.69, 9.17) is 0 Å². The molecular weight excluding hydrogens is 427 g/mol. The fraction of sp³-hybridized carbons (Fsp3) is 0.200. The van der Waals surface area contributed by atoms with Crippen LogP contribution in [0.5, 0.6) is 0 Å². The monoisotopic (exact) mass is 440 g/mol. The number of allylic oxidation sites excluding steroid dienone is 8. The van der Waals surface area contributed by atoms with Gasteiger partial charge in [-0.3, -0.25) is 0 Å². The summed E-state index contributed by atoms with van der Waals surface area (Å²) in [5.41, 5.74) is 0. The van der Waals surface area contributed by atoms with Crippen molar-refractivity contribution in [3.05, 3.63) is 43.0 Å². The van der Waals surface area contributed by atoms with Gasteiger partial charge in [0.25, 0.3) is 0 Å². The predicted octanol–water partition coefficient (Wildman–Crippen LogP) is 2.08. The maximum atomic E-state index is 2.49. The summed E-state index contributed by atoms with van der Waals surface area (Å²) in [6.07, 6.45) is 18.1. The third kappa shape index (κ3) is 2.57. The van der Waals surface area contributed by atoms with Crippen LogP contribution in [0.25, 0.3) is 0 Å². The van der Waals surface area contributed by atoms with E-state index in [1.807, 2.05) is 6.56 Å². The second kappa shape index (κ2) is 5.72. The van der Waals surface area contributed by atoms with Crippen LogP contribution in [-0.4, -0.2) is 12.3 Å². The molecule has 0 saturated carbocycles. The van der Waals surface area contributed by atoms with Gasteiger partial charge in [0.05, 0.1) is 0 Å². The Hall–Kier alpha value is 1.24. The van der Waals surface area contributed by atoms with Crippen LogP contribution in [0.4, 0.5) is 0 Å². The second-order valence-corrected chi connectivity index (χ2v) is 59.0.